The number of amides is 2. The van der Waals surface area contributed by atoms with E-state index in [4.69, 9.17) is 16.3 Å². The summed E-state index contributed by atoms with van der Waals surface area (Å²) in [7, 11) is -1.21. The molecule has 10 heteroatoms. The molecule has 1 N–H and O–H groups in total. The maximum Gasteiger partial charge on any atom is 0.264 e. The van der Waals surface area contributed by atoms with Gasteiger partial charge in [0, 0.05) is 13.6 Å². The number of carbonyl (C=O) groups excluding carboxylic acids is 2. The van der Waals surface area contributed by atoms with E-state index in [9.17, 15) is 18.0 Å². The predicted molar refractivity (Wildman–Crippen MR) is 144 cm³/mol. The van der Waals surface area contributed by atoms with Gasteiger partial charge in [-0.2, -0.15) is 0 Å². The van der Waals surface area contributed by atoms with Gasteiger partial charge in [0.15, 0.2) is 0 Å². The first kappa shape index (κ1) is 28.0. The van der Waals surface area contributed by atoms with E-state index in [1.54, 1.807) is 25.1 Å². The van der Waals surface area contributed by atoms with Crippen molar-refractivity contribution in [3.8, 4) is 5.75 Å². The molecule has 3 rings (SSSR count). The molecular formula is C27H30ClN3O5S. The van der Waals surface area contributed by atoms with Crippen LogP contribution in [-0.2, 0) is 26.0 Å². The Morgan fingerprint density at radius 2 is 1.62 bits per heavy atom. The van der Waals surface area contributed by atoms with Crippen LogP contribution in [-0.4, -0.2) is 58.4 Å². The van der Waals surface area contributed by atoms with Crippen LogP contribution >= 0.6 is 11.6 Å². The minimum Gasteiger partial charge on any atom is -0.495 e. The van der Waals surface area contributed by atoms with Crippen LogP contribution in [0.4, 0.5) is 5.69 Å². The molecule has 0 bridgehead atoms. The summed E-state index contributed by atoms with van der Waals surface area (Å²) in [5.74, 6) is -0.517. The second kappa shape index (κ2) is 12.6. The average molecular weight is 544 g/mol. The molecule has 0 unspecified atom stereocenters. The van der Waals surface area contributed by atoms with Crippen molar-refractivity contribution in [1.82, 2.24) is 10.2 Å². The highest BCUT2D eigenvalue weighted by Gasteiger charge is 2.32. The molecule has 0 fully saturated rings. The van der Waals surface area contributed by atoms with Crippen molar-refractivity contribution in [1.29, 1.82) is 0 Å². The van der Waals surface area contributed by atoms with Crippen molar-refractivity contribution >= 4 is 39.1 Å². The van der Waals surface area contributed by atoms with E-state index in [2.05, 4.69) is 5.32 Å². The summed E-state index contributed by atoms with van der Waals surface area (Å²) in [6.45, 7) is 1.30. The summed E-state index contributed by atoms with van der Waals surface area (Å²) < 4.78 is 33.6. The molecule has 196 valence electrons. The number of methoxy groups -OCH3 is 1. The normalized spacial score (nSPS) is 11.9. The van der Waals surface area contributed by atoms with Gasteiger partial charge in [-0.15, -0.1) is 0 Å². The highest BCUT2D eigenvalue weighted by atomic mass is 35.5. The number of sulfonamides is 1. The molecular weight excluding hydrogens is 514 g/mol. The van der Waals surface area contributed by atoms with Gasteiger partial charge >= 0.3 is 0 Å². The molecule has 2 amide bonds. The van der Waals surface area contributed by atoms with E-state index in [0.717, 1.165) is 9.87 Å². The Hall–Kier alpha value is -3.56. The zero-order valence-corrected chi connectivity index (χ0v) is 22.5. The third-order valence-electron chi connectivity index (χ3n) is 5.93. The number of ether oxygens (including phenoxy) is 1. The molecule has 3 aromatic rings. The van der Waals surface area contributed by atoms with E-state index >= 15 is 0 Å². The summed E-state index contributed by atoms with van der Waals surface area (Å²) >= 11 is 6.30. The summed E-state index contributed by atoms with van der Waals surface area (Å²) in [4.78, 5) is 27.6. The SMILES string of the molecule is CNC(=O)[C@@H](C)N(CCc1ccccc1)C(=O)CN(c1ccc(OC)c(Cl)c1)S(=O)(=O)c1ccccc1. The van der Waals surface area contributed by atoms with E-state index in [1.165, 1.54) is 49.4 Å². The van der Waals surface area contributed by atoms with Crippen LogP contribution in [0.25, 0.3) is 0 Å². The molecule has 8 nitrogen and oxygen atoms in total. The summed E-state index contributed by atoms with van der Waals surface area (Å²) in [6, 6.07) is 21.0. The van der Waals surface area contributed by atoms with Gasteiger partial charge in [0.25, 0.3) is 10.0 Å². The minimum absolute atomic E-state index is 0.0184. The molecule has 0 saturated heterocycles. The van der Waals surface area contributed by atoms with Gasteiger partial charge in [0.1, 0.15) is 18.3 Å². The molecule has 0 heterocycles. The molecule has 0 spiro atoms. The van der Waals surface area contributed by atoms with Gasteiger partial charge in [-0.05, 0) is 49.2 Å². The summed E-state index contributed by atoms with van der Waals surface area (Å²) in [6.07, 6.45) is 0.494. The predicted octanol–water partition coefficient (Wildman–Crippen LogP) is 3.75. The lowest BCUT2D eigenvalue weighted by molar-refractivity contribution is -0.138. The Morgan fingerprint density at radius 3 is 2.19 bits per heavy atom. The van der Waals surface area contributed by atoms with Crippen LogP contribution in [0, 0.1) is 0 Å². The largest absolute Gasteiger partial charge is 0.495 e. The first-order valence-corrected chi connectivity index (χ1v) is 13.5. The van der Waals surface area contributed by atoms with Crippen LogP contribution in [0.3, 0.4) is 0 Å². The highest BCUT2D eigenvalue weighted by molar-refractivity contribution is 7.92. The van der Waals surface area contributed by atoms with Crippen LogP contribution in [0.1, 0.15) is 12.5 Å². The smallest absolute Gasteiger partial charge is 0.264 e. The number of anilines is 1. The Morgan fingerprint density at radius 1 is 1.00 bits per heavy atom. The van der Waals surface area contributed by atoms with Gasteiger partial charge in [0.05, 0.1) is 22.7 Å². The van der Waals surface area contributed by atoms with Crippen LogP contribution < -0.4 is 14.4 Å². The molecule has 1 atom stereocenters. The van der Waals surface area contributed by atoms with Crippen molar-refractivity contribution < 1.29 is 22.7 Å². The number of nitrogens with one attached hydrogen (secondary N) is 1. The van der Waals surface area contributed by atoms with Crippen LogP contribution in [0.15, 0.2) is 83.8 Å². The molecule has 0 aliphatic heterocycles. The van der Waals surface area contributed by atoms with E-state index in [-0.39, 0.29) is 28.1 Å². The third-order valence-corrected chi connectivity index (χ3v) is 8.01. The fraction of sp³-hybridized carbons (Fsp3) is 0.259. The van der Waals surface area contributed by atoms with Crippen molar-refractivity contribution in [3.05, 3.63) is 89.4 Å². The minimum atomic E-state index is -4.15. The van der Waals surface area contributed by atoms with Gasteiger partial charge in [-0.25, -0.2) is 8.42 Å². The highest BCUT2D eigenvalue weighted by Crippen LogP contribution is 2.32. The first-order chi connectivity index (χ1) is 17.7. The van der Waals surface area contributed by atoms with Crippen molar-refractivity contribution in [3.63, 3.8) is 0 Å². The molecule has 37 heavy (non-hydrogen) atoms. The summed E-state index contributed by atoms with van der Waals surface area (Å²) in [5, 5.41) is 2.76. The Labute approximate surface area is 222 Å². The molecule has 0 aliphatic carbocycles. The fourth-order valence-electron chi connectivity index (χ4n) is 3.84. The number of carbonyl (C=O) groups is 2. The lowest BCUT2D eigenvalue weighted by Gasteiger charge is -2.31. The topological polar surface area (TPSA) is 96.0 Å². The van der Waals surface area contributed by atoms with Crippen molar-refractivity contribution in [2.24, 2.45) is 0 Å². The molecule has 0 radical (unpaired) electrons. The van der Waals surface area contributed by atoms with Crippen LogP contribution in [0.5, 0.6) is 5.75 Å². The number of halogens is 1. The third kappa shape index (κ3) is 6.81. The van der Waals surface area contributed by atoms with Crippen molar-refractivity contribution in [2.75, 3.05) is 31.6 Å². The maximum absolute atomic E-state index is 13.7. The van der Waals surface area contributed by atoms with Gasteiger partial charge in [-0.3, -0.25) is 13.9 Å². The van der Waals surface area contributed by atoms with E-state index < -0.39 is 28.5 Å². The molecule has 0 aliphatic rings. The average Bonchev–Trinajstić information content (AvgIpc) is 2.92. The Kier molecular flexibility index (Phi) is 9.54. The van der Waals surface area contributed by atoms with Gasteiger partial charge < -0.3 is 15.0 Å². The number of likely N-dealkylation sites (N-methyl/N-ethyl adjacent to an activating group) is 1. The maximum atomic E-state index is 13.7. The molecule has 3 aromatic carbocycles. The number of nitrogens with zero attached hydrogens (tertiary/aromatic N) is 2. The van der Waals surface area contributed by atoms with Crippen LogP contribution in [0.2, 0.25) is 5.02 Å². The second-order valence-corrected chi connectivity index (χ2v) is 10.5. The molecule has 0 saturated carbocycles. The molecule has 0 aromatic heterocycles. The van der Waals surface area contributed by atoms with Gasteiger partial charge in [-0.1, -0.05) is 60.1 Å². The quantitative estimate of drug-likeness (QED) is 0.397. The van der Waals surface area contributed by atoms with E-state index in [1.807, 2.05) is 30.3 Å². The Balaban J connectivity index is 2.00. The number of benzene rings is 3. The van der Waals surface area contributed by atoms with Gasteiger partial charge in [0.2, 0.25) is 11.8 Å². The van der Waals surface area contributed by atoms with Crippen molar-refractivity contribution in [2.45, 2.75) is 24.3 Å². The number of hydrogen-bond donors (Lipinski definition) is 1. The van der Waals surface area contributed by atoms with E-state index in [0.29, 0.717) is 12.2 Å². The fourth-order valence-corrected chi connectivity index (χ4v) is 5.52. The number of rotatable bonds is 11. The zero-order valence-electron chi connectivity index (χ0n) is 20.9. The second-order valence-electron chi connectivity index (χ2n) is 8.26. The lowest BCUT2D eigenvalue weighted by atomic mass is 10.1. The number of hydrogen-bond acceptors (Lipinski definition) is 5. The Bertz CT molecular complexity index is 1320. The standard InChI is InChI=1S/C27H30ClN3O5S/c1-20(27(33)29-2)30(17-16-21-10-6-4-7-11-21)26(32)19-31(22-14-15-25(36-3)24(28)18-22)37(34,35)23-12-8-5-9-13-23/h4-15,18,20H,16-17,19H2,1-3H3,(H,29,33)/t20-/m1/s1. The zero-order chi connectivity index (χ0) is 27.0. The lowest BCUT2D eigenvalue weighted by Crippen LogP contribution is -2.51. The first-order valence-electron chi connectivity index (χ1n) is 11.7. The summed E-state index contributed by atoms with van der Waals surface area (Å²) in [5.41, 5.74) is 1.18. The monoisotopic (exact) mass is 543 g/mol.